The van der Waals surface area contributed by atoms with Crippen molar-refractivity contribution < 1.29 is 4.74 Å². The maximum Gasteiger partial charge on any atom is 0.125 e. The molecular weight excluding hydrogens is 278 g/mol. The molecule has 21 heavy (non-hydrogen) atoms. The molecule has 0 saturated carbocycles. The maximum atomic E-state index is 6.06. The van der Waals surface area contributed by atoms with E-state index >= 15 is 0 Å². The minimum absolute atomic E-state index is 0.518. The molecule has 0 saturated heterocycles. The molecular formula is C18H25NOS. The van der Waals surface area contributed by atoms with Gasteiger partial charge < -0.3 is 10.1 Å². The highest BCUT2D eigenvalue weighted by atomic mass is 32.1. The van der Waals surface area contributed by atoms with Gasteiger partial charge in [-0.3, -0.25) is 0 Å². The van der Waals surface area contributed by atoms with Crippen LogP contribution in [0.2, 0.25) is 0 Å². The Morgan fingerprint density at radius 3 is 2.38 bits per heavy atom. The molecule has 0 spiro atoms. The second-order valence-electron chi connectivity index (χ2n) is 5.85. The van der Waals surface area contributed by atoms with Crippen LogP contribution in [0.15, 0.2) is 24.3 Å². The molecule has 0 bridgehead atoms. The van der Waals surface area contributed by atoms with Gasteiger partial charge in [-0.1, -0.05) is 26.0 Å². The fraction of sp³-hybridized carbons (Fsp3) is 0.444. The number of hydrogen-bond acceptors (Lipinski definition) is 3. The molecule has 0 fully saturated rings. The van der Waals surface area contributed by atoms with Crippen molar-refractivity contribution in [1.82, 2.24) is 5.32 Å². The fourth-order valence-corrected chi connectivity index (χ4v) is 3.07. The molecule has 2 nitrogen and oxygen atoms in total. The van der Waals surface area contributed by atoms with Gasteiger partial charge in [-0.15, -0.1) is 11.3 Å². The van der Waals surface area contributed by atoms with Crippen molar-refractivity contribution in [3.63, 3.8) is 0 Å². The van der Waals surface area contributed by atoms with E-state index in [1.807, 2.05) is 11.3 Å². The number of ether oxygens (including phenoxy) is 1. The van der Waals surface area contributed by atoms with Crippen LogP contribution in [0.3, 0.4) is 0 Å². The van der Waals surface area contributed by atoms with Crippen molar-refractivity contribution in [1.29, 1.82) is 0 Å². The molecule has 0 unspecified atom stereocenters. The molecule has 0 aliphatic heterocycles. The largest absolute Gasteiger partial charge is 0.488 e. The van der Waals surface area contributed by atoms with Crippen LogP contribution in [-0.4, -0.2) is 6.04 Å². The summed E-state index contributed by atoms with van der Waals surface area (Å²) in [5.74, 6) is 1.03. The van der Waals surface area contributed by atoms with E-state index < -0.39 is 0 Å². The Kier molecular flexibility index (Phi) is 5.43. The Labute approximate surface area is 132 Å². The molecule has 0 atom stereocenters. The Hall–Kier alpha value is -1.32. The molecule has 1 N–H and O–H groups in total. The quantitative estimate of drug-likeness (QED) is 0.831. The summed E-state index contributed by atoms with van der Waals surface area (Å²) in [5.41, 5.74) is 3.73. The molecule has 0 aliphatic rings. The molecule has 1 heterocycles. The van der Waals surface area contributed by atoms with Gasteiger partial charge in [0.15, 0.2) is 0 Å². The van der Waals surface area contributed by atoms with Crippen LogP contribution in [0, 0.1) is 20.8 Å². The molecule has 1 aromatic carbocycles. The van der Waals surface area contributed by atoms with Crippen LogP contribution in [-0.2, 0) is 13.2 Å². The molecule has 2 rings (SSSR count). The minimum atomic E-state index is 0.518. The SMILES string of the molecule is Cc1ccc(C)c(OCc2ccc(CNC(C)C)s2)c1C. The van der Waals surface area contributed by atoms with Crippen LogP contribution in [0.25, 0.3) is 0 Å². The normalized spacial score (nSPS) is 11.1. The molecule has 0 radical (unpaired) electrons. The highest BCUT2D eigenvalue weighted by molar-refractivity contribution is 7.11. The van der Waals surface area contributed by atoms with Gasteiger partial charge in [0.2, 0.25) is 0 Å². The zero-order valence-corrected chi connectivity index (χ0v) is 14.4. The van der Waals surface area contributed by atoms with Gasteiger partial charge >= 0.3 is 0 Å². The summed E-state index contributed by atoms with van der Waals surface area (Å²) in [6, 6.07) is 9.16. The van der Waals surface area contributed by atoms with Gasteiger partial charge in [-0.2, -0.15) is 0 Å². The van der Waals surface area contributed by atoms with Gasteiger partial charge in [0, 0.05) is 22.3 Å². The van der Waals surface area contributed by atoms with E-state index in [1.54, 1.807) is 0 Å². The van der Waals surface area contributed by atoms with Crippen molar-refractivity contribution in [3.05, 3.63) is 50.7 Å². The number of rotatable bonds is 6. The average Bonchev–Trinajstić information content (AvgIpc) is 2.89. The fourth-order valence-electron chi connectivity index (χ4n) is 2.19. The standard InChI is InChI=1S/C18H25NOS/c1-12(2)19-10-16-8-9-17(21-16)11-20-18-14(4)7-6-13(3)15(18)5/h6-9,12,19H,10-11H2,1-5H3. The lowest BCUT2D eigenvalue weighted by Crippen LogP contribution is -2.21. The molecule has 0 aliphatic carbocycles. The molecule has 3 heteroatoms. The number of aryl methyl sites for hydroxylation is 2. The first-order valence-electron chi connectivity index (χ1n) is 7.48. The average molecular weight is 303 g/mol. The molecule has 114 valence electrons. The van der Waals surface area contributed by atoms with Gasteiger partial charge in [-0.25, -0.2) is 0 Å². The van der Waals surface area contributed by atoms with Crippen molar-refractivity contribution >= 4 is 11.3 Å². The van der Waals surface area contributed by atoms with E-state index in [0.717, 1.165) is 12.3 Å². The third-order valence-corrected chi connectivity index (χ3v) is 4.69. The summed E-state index contributed by atoms with van der Waals surface area (Å²) in [7, 11) is 0. The van der Waals surface area contributed by atoms with Gasteiger partial charge in [0.1, 0.15) is 12.4 Å². The number of benzene rings is 1. The summed E-state index contributed by atoms with van der Waals surface area (Å²) in [6.45, 7) is 12.3. The third-order valence-electron chi connectivity index (χ3n) is 3.63. The van der Waals surface area contributed by atoms with E-state index in [1.165, 1.54) is 26.4 Å². The van der Waals surface area contributed by atoms with Crippen LogP contribution in [0.4, 0.5) is 0 Å². The van der Waals surface area contributed by atoms with Crippen LogP contribution >= 0.6 is 11.3 Å². The zero-order chi connectivity index (χ0) is 15.4. The summed E-state index contributed by atoms with van der Waals surface area (Å²) in [5, 5.41) is 3.44. The van der Waals surface area contributed by atoms with E-state index in [0.29, 0.717) is 12.6 Å². The molecule has 1 aromatic heterocycles. The smallest absolute Gasteiger partial charge is 0.125 e. The zero-order valence-electron chi connectivity index (χ0n) is 13.6. The van der Waals surface area contributed by atoms with Crippen molar-refractivity contribution in [3.8, 4) is 5.75 Å². The first-order chi connectivity index (χ1) is 9.97. The van der Waals surface area contributed by atoms with Gasteiger partial charge in [0.25, 0.3) is 0 Å². The van der Waals surface area contributed by atoms with E-state index in [2.05, 4.69) is 64.2 Å². The monoisotopic (exact) mass is 303 g/mol. The molecule has 0 amide bonds. The highest BCUT2D eigenvalue weighted by Gasteiger charge is 2.08. The van der Waals surface area contributed by atoms with Gasteiger partial charge in [-0.05, 0) is 49.6 Å². The second kappa shape index (κ2) is 7.10. The predicted octanol–water partition coefficient (Wildman–Crippen LogP) is 4.75. The summed E-state index contributed by atoms with van der Waals surface area (Å²) < 4.78 is 6.06. The number of nitrogens with one attached hydrogen (secondary N) is 1. The van der Waals surface area contributed by atoms with Crippen LogP contribution in [0.5, 0.6) is 5.75 Å². The van der Waals surface area contributed by atoms with E-state index in [9.17, 15) is 0 Å². The summed E-state index contributed by atoms with van der Waals surface area (Å²) in [4.78, 5) is 2.64. The van der Waals surface area contributed by atoms with Crippen molar-refractivity contribution in [2.24, 2.45) is 0 Å². The lowest BCUT2D eigenvalue weighted by atomic mass is 10.1. The third kappa shape index (κ3) is 4.32. The number of hydrogen-bond donors (Lipinski definition) is 1. The molecule has 2 aromatic rings. The lowest BCUT2D eigenvalue weighted by Gasteiger charge is -2.13. The maximum absolute atomic E-state index is 6.06. The van der Waals surface area contributed by atoms with Gasteiger partial charge in [0.05, 0.1) is 0 Å². The minimum Gasteiger partial charge on any atom is -0.488 e. The van der Waals surface area contributed by atoms with Crippen molar-refractivity contribution in [2.75, 3.05) is 0 Å². The second-order valence-corrected chi connectivity index (χ2v) is 7.10. The Balaban J connectivity index is 1.99. The lowest BCUT2D eigenvalue weighted by molar-refractivity contribution is 0.305. The van der Waals surface area contributed by atoms with E-state index in [-0.39, 0.29) is 0 Å². The first-order valence-corrected chi connectivity index (χ1v) is 8.29. The van der Waals surface area contributed by atoms with Crippen LogP contribution in [0.1, 0.15) is 40.3 Å². The highest BCUT2D eigenvalue weighted by Crippen LogP contribution is 2.27. The number of thiophene rings is 1. The Morgan fingerprint density at radius 2 is 1.67 bits per heavy atom. The van der Waals surface area contributed by atoms with E-state index in [4.69, 9.17) is 4.74 Å². The summed E-state index contributed by atoms with van der Waals surface area (Å²) >= 11 is 1.82. The topological polar surface area (TPSA) is 21.3 Å². The van der Waals surface area contributed by atoms with Crippen LogP contribution < -0.4 is 10.1 Å². The Bertz CT molecular complexity index is 601. The predicted molar refractivity (Wildman–Crippen MR) is 91.3 cm³/mol. The van der Waals surface area contributed by atoms with Crippen molar-refractivity contribution in [2.45, 2.75) is 53.8 Å². The Morgan fingerprint density at radius 1 is 1.00 bits per heavy atom. The first kappa shape index (κ1) is 16.1. The summed E-state index contributed by atoms with van der Waals surface area (Å²) in [6.07, 6.45) is 0.